The highest BCUT2D eigenvalue weighted by Gasteiger charge is 2.17. The van der Waals surface area contributed by atoms with E-state index in [1.54, 1.807) is 6.07 Å². The number of aromatic carboxylic acids is 1. The molecule has 3 aromatic carbocycles. The molecule has 0 radical (unpaired) electrons. The molecule has 108 valence electrons. The van der Waals surface area contributed by atoms with Gasteiger partial charge < -0.3 is 10.8 Å². The van der Waals surface area contributed by atoms with Gasteiger partial charge in [0, 0.05) is 5.56 Å². The molecule has 0 saturated heterocycles. The molecular formula is C19H15NO2. The molecule has 0 aromatic heterocycles. The summed E-state index contributed by atoms with van der Waals surface area (Å²) in [6.07, 6.45) is 0. The molecule has 3 nitrogen and oxygen atoms in total. The van der Waals surface area contributed by atoms with Gasteiger partial charge in [0.05, 0.1) is 11.3 Å². The second kappa shape index (κ2) is 5.74. The standard InChI is InChI=1S/C19H15NO2/c20-18-16(19(21)22)12-11-15(13-7-3-1-4-8-13)17(18)14-9-5-2-6-10-14/h1-12H,20H2,(H,21,22). The molecule has 0 saturated carbocycles. The SMILES string of the molecule is Nc1c(C(=O)O)ccc(-c2ccccc2)c1-c1ccccc1. The van der Waals surface area contributed by atoms with Gasteiger partial charge in [0.15, 0.2) is 0 Å². The number of benzene rings is 3. The van der Waals surface area contributed by atoms with Crippen LogP contribution in [0.1, 0.15) is 10.4 Å². The fourth-order valence-electron chi connectivity index (χ4n) is 2.58. The summed E-state index contributed by atoms with van der Waals surface area (Å²) in [6, 6.07) is 22.8. The second-order valence-electron chi connectivity index (χ2n) is 4.99. The highest BCUT2D eigenvalue weighted by molar-refractivity contribution is 6.02. The van der Waals surface area contributed by atoms with E-state index in [1.807, 2.05) is 66.7 Å². The largest absolute Gasteiger partial charge is 0.478 e. The number of hydrogen-bond donors (Lipinski definition) is 2. The van der Waals surface area contributed by atoms with Gasteiger partial charge in [-0.05, 0) is 22.8 Å². The Labute approximate surface area is 128 Å². The Morgan fingerprint density at radius 3 is 1.86 bits per heavy atom. The van der Waals surface area contributed by atoms with Gasteiger partial charge in [-0.3, -0.25) is 0 Å². The molecule has 0 aliphatic carbocycles. The number of nitrogen functional groups attached to an aromatic ring is 1. The average molecular weight is 289 g/mol. The van der Waals surface area contributed by atoms with Crippen LogP contribution in [0.3, 0.4) is 0 Å². The maximum Gasteiger partial charge on any atom is 0.337 e. The van der Waals surface area contributed by atoms with E-state index in [1.165, 1.54) is 0 Å². The highest BCUT2D eigenvalue weighted by Crippen LogP contribution is 2.38. The molecule has 0 fully saturated rings. The quantitative estimate of drug-likeness (QED) is 0.706. The first-order chi connectivity index (χ1) is 10.7. The first kappa shape index (κ1) is 13.9. The zero-order valence-electron chi connectivity index (χ0n) is 11.9. The van der Waals surface area contributed by atoms with Gasteiger partial charge in [-0.25, -0.2) is 4.79 Å². The van der Waals surface area contributed by atoms with Gasteiger partial charge in [0.1, 0.15) is 0 Å². The number of carbonyl (C=O) groups is 1. The number of rotatable bonds is 3. The maximum atomic E-state index is 11.4. The predicted octanol–water partition coefficient (Wildman–Crippen LogP) is 4.30. The minimum absolute atomic E-state index is 0.124. The van der Waals surface area contributed by atoms with Crippen LogP contribution in [0.25, 0.3) is 22.3 Å². The minimum Gasteiger partial charge on any atom is -0.478 e. The van der Waals surface area contributed by atoms with Crippen LogP contribution in [-0.4, -0.2) is 11.1 Å². The normalized spacial score (nSPS) is 10.4. The van der Waals surface area contributed by atoms with Gasteiger partial charge in [-0.2, -0.15) is 0 Å². The summed E-state index contributed by atoms with van der Waals surface area (Å²) in [7, 11) is 0. The Kier molecular flexibility index (Phi) is 3.62. The van der Waals surface area contributed by atoms with Crippen molar-refractivity contribution in [3.8, 4) is 22.3 Å². The summed E-state index contributed by atoms with van der Waals surface area (Å²) in [5.41, 5.74) is 10.2. The van der Waals surface area contributed by atoms with Crippen molar-refractivity contribution in [2.75, 3.05) is 5.73 Å². The molecule has 0 heterocycles. The van der Waals surface area contributed by atoms with Crippen molar-refractivity contribution in [2.45, 2.75) is 0 Å². The summed E-state index contributed by atoms with van der Waals surface area (Å²) < 4.78 is 0. The lowest BCUT2D eigenvalue weighted by Crippen LogP contribution is -2.05. The van der Waals surface area contributed by atoms with E-state index in [9.17, 15) is 9.90 Å². The Morgan fingerprint density at radius 2 is 1.32 bits per heavy atom. The van der Waals surface area contributed by atoms with E-state index in [-0.39, 0.29) is 5.56 Å². The number of carboxylic acid groups (broad SMARTS) is 1. The zero-order valence-corrected chi connectivity index (χ0v) is 11.9. The van der Waals surface area contributed by atoms with E-state index in [4.69, 9.17) is 5.73 Å². The second-order valence-corrected chi connectivity index (χ2v) is 4.99. The van der Waals surface area contributed by atoms with E-state index >= 15 is 0 Å². The Balaban J connectivity index is 2.32. The number of nitrogens with two attached hydrogens (primary N) is 1. The molecule has 0 aliphatic heterocycles. The first-order valence-corrected chi connectivity index (χ1v) is 6.95. The lowest BCUT2D eigenvalue weighted by Gasteiger charge is -2.15. The van der Waals surface area contributed by atoms with Crippen LogP contribution < -0.4 is 5.73 Å². The van der Waals surface area contributed by atoms with Crippen LogP contribution >= 0.6 is 0 Å². The molecule has 0 unspecified atom stereocenters. The van der Waals surface area contributed by atoms with Crippen LogP contribution in [0.5, 0.6) is 0 Å². The molecule has 22 heavy (non-hydrogen) atoms. The van der Waals surface area contributed by atoms with Crippen molar-refractivity contribution in [2.24, 2.45) is 0 Å². The van der Waals surface area contributed by atoms with Crippen LogP contribution in [0.15, 0.2) is 72.8 Å². The smallest absolute Gasteiger partial charge is 0.337 e. The van der Waals surface area contributed by atoms with Crippen LogP contribution in [0.4, 0.5) is 5.69 Å². The Morgan fingerprint density at radius 1 is 0.773 bits per heavy atom. The summed E-state index contributed by atoms with van der Waals surface area (Å²) in [5, 5.41) is 9.32. The van der Waals surface area contributed by atoms with Crippen LogP contribution in [-0.2, 0) is 0 Å². The first-order valence-electron chi connectivity index (χ1n) is 6.95. The maximum absolute atomic E-state index is 11.4. The average Bonchev–Trinajstić information content (AvgIpc) is 2.55. The number of hydrogen-bond acceptors (Lipinski definition) is 2. The lowest BCUT2D eigenvalue weighted by molar-refractivity contribution is 0.0698. The van der Waals surface area contributed by atoms with E-state index in [0.717, 1.165) is 22.3 Å². The summed E-state index contributed by atoms with van der Waals surface area (Å²) in [4.78, 5) is 11.4. The molecule has 0 amide bonds. The zero-order chi connectivity index (χ0) is 15.5. The van der Waals surface area contributed by atoms with E-state index in [2.05, 4.69) is 0 Å². The third-order valence-electron chi connectivity index (χ3n) is 3.62. The van der Waals surface area contributed by atoms with E-state index in [0.29, 0.717) is 5.69 Å². The van der Waals surface area contributed by atoms with Crippen molar-refractivity contribution < 1.29 is 9.90 Å². The topological polar surface area (TPSA) is 63.3 Å². The van der Waals surface area contributed by atoms with E-state index < -0.39 is 5.97 Å². The third-order valence-corrected chi connectivity index (χ3v) is 3.62. The summed E-state index contributed by atoms with van der Waals surface area (Å²) in [5.74, 6) is -1.02. The monoisotopic (exact) mass is 289 g/mol. The van der Waals surface area contributed by atoms with Crippen molar-refractivity contribution in [3.05, 3.63) is 78.4 Å². The lowest BCUT2D eigenvalue weighted by atomic mass is 9.91. The van der Waals surface area contributed by atoms with Crippen molar-refractivity contribution in [3.63, 3.8) is 0 Å². The van der Waals surface area contributed by atoms with Gasteiger partial charge in [-0.15, -0.1) is 0 Å². The fourth-order valence-corrected chi connectivity index (χ4v) is 2.58. The predicted molar refractivity (Wildman–Crippen MR) is 88.7 cm³/mol. The molecule has 0 atom stereocenters. The molecule has 0 aliphatic rings. The minimum atomic E-state index is -1.02. The molecule has 0 bridgehead atoms. The van der Waals surface area contributed by atoms with Gasteiger partial charge >= 0.3 is 5.97 Å². The Hall–Kier alpha value is -3.07. The molecular weight excluding hydrogens is 274 g/mol. The Bertz CT molecular complexity index is 812. The molecule has 0 spiro atoms. The summed E-state index contributed by atoms with van der Waals surface area (Å²) >= 11 is 0. The van der Waals surface area contributed by atoms with Gasteiger partial charge in [0.25, 0.3) is 0 Å². The van der Waals surface area contributed by atoms with Crippen LogP contribution in [0.2, 0.25) is 0 Å². The van der Waals surface area contributed by atoms with Crippen molar-refractivity contribution in [1.29, 1.82) is 0 Å². The summed E-state index contributed by atoms with van der Waals surface area (Å²) in [6.45, 7) is 0. The van der Waals surface area contributed by atoms with Gasteiger partial charge in [0.2, 0.25) is 0 Å². The van der Waals surface area contributed by atoms with Crippen molar-refractivity contribution >= 4 is 11.7 Å². The highest BCUT2D eigenvalue weighted by atomic mass is 16.4. The van der Waals surface area contributed by atoms with Gasteiger partial charge in [-0.1, -0.05) is 66.7 Å². The molecule has 3 rings (SSSR count). The fraction of sp³-hybridized carbons (Fsp3) is 0. The number of anilines is 1. The number of carboxylic acids is 1. The molecule has 3 aromatic rings. The molecule has 3 N–H and O–H groups in total. The van der Waals surface area contributed by atoms with Crippen molar-refractivity contribution in [1.82, 2.24) is 0 Å². The van der Waals surface area contributed by atoms with Crippen LogP contribution in [0, 0.1) is 0 Å². The third kappa shape index (κ3) is 2.44. The molecule has 3 heteroatoms.